The van der Waals surface area contributed by atoms with Crippen LogP contribution in [0.4, 0.5) is 5.69 Å². The van der Waals surface area contributed by atoms with Gasteiger partial charge >= 0.3 is 0 Å². The van der Waals surface area contributed by atoms with Gasteiger partial charge in [-0.05, 0) is 51.0 Å². The van der Waals surface area contributed by atoms with Crippen molar-refractivity contribution in [1.82, 2.24) is 19.1 Å². The van der Waals surface area contributed by atoms with Gasteiger partial charge in [0.05, 0.1) is 10.1 Å². The lowest BCUT2D eigenvalue weighted by Crippen LogP contribution is -2.27. The van der Waals surface area contributed by atoms with E-state index in [0.29, 0.717) is 23.9 Å². The standard InChI is InChI=1S/C17H23N5O3S2/c1-3-21-12-18-20-17(21)26-13(2)16(23)19-14-6-8-15(9-7-14)27(24,25)22-10-4-5-11-22/h6-9,12-13H,3-5,10-11H2,1-2H3,(H,19,23)/t13-/m0/s1. The van der Waals surface area contributed by atoms with Crippen LogP contribution in [-0.4, -0.2) is 51.7 Å². The van der Waals surface area contributed by atoms with Crippen molar-refractivity contribution < 1.29 is 13.2 Å². The van der Waals surface area contributed by atoms with E-state index in [1.54, 1.807) is 25.4 Å². The van der Waals surface area contributed by atoms with Crippen molar-refractivity contribution in [1.29, 1.82) is 0 Å². The molecule has 1 aliphatic heterocycles. The van der Waals surface area contributed by atoms with Crippen molar-refractivity contribution in [2.45, 2.75) is 48.5 Å². The van der Waals surface area contributed by atoms with E-state index in [4.69, 9.17) is 0 Å². The third-order valence-electron chi connectivity index (χ3n) is 4.40. The van der Waals surface area contributed by atoms with Gasteiger partial charge in [0, 0.05) is 25.3 Å². The second kappa shape index (κ2) is 8.41. The Morgan fingerprint density at radius 2 is 1.93 bits per heavy atom. The van der Waals surface area contributed by atoms with E-state index >= 15 is 0 Å². The molecule has 1 N–H and O–H groups in total. The number of thioether (sulfide) groups is 1. The Labute approximate surface area is 163 Å². The Morgan fingerprint density at radius 1 is 1.26 bits per heavy atom. The topological polar surface area (TPSA) is 97.2 Å². The highest BCUT2D eigenvalue weighted by molar-refractivity contribution is 8.00. The molecule has 10 heteroatoms. The lowest BCUT2D eigenvalue weighted by molar-refractivity contribution is -0.115. The minimum atomic E-state index is -3.44. The first-order valence-electron chi connectivity index (χ1n) is 8.87. The second-order valence-electron chi connectivity index (χ2n) is 6.28. The summed E-state index contributed by atoms with van der Waals surface area (Å²) in [4.78, 5) is 12.7. The van der Waals surface area contributed by atoms with Crippen LogP contribution in [0.2, 0.25) is 0 Å². The van der Waals surface area contributed by atoms with Gasteiger partial charge in [-0.15, -0.1) is 10.2 Å². The first-order chi connectivity index (χ1) is 12.9. The van der Waals surface area contributed by atoms with Crippen LogP contribution in [0.5, 0.6) is 0 Å². The molecule has 3 rings (SSSR count). The first kappa shape index (κ1) is 19.8. The molecule has 0 spiro atoms. The molecule has 1 fully saturated rings. The van der Waals surface area contributed by atoms with Crippen molar-refractivity contribution >= 4 is 33.4 Å². The first-order valence-corrected chi connectivity index (χ1v) is 11.2. The van der Waals surface area contributed by atoms with Gasteiger partial charge in [-0.3, -0.25) is 4.79 Å². The van der Waals surface area contributed by atoms with Crippen LogP contribution < -0.4 is 5.32 Å². The Morgan fingerprint density at radius 3 is 2.56 bits per heavy atom. The summed E-state index contributed by atoms with van der Waals surface area (Å²) in [5.74, 6) is -0.180. The minimum Gasteiger partial charge on any atom is -0.325 e. The van der Waals surface area contributed by atoms with Crippen LogP contribution >= 0.6 is 11.8 Å². The Balaban J connectivity index is 1.63. The average Bonchev–Trinajstić information content (AvgIpc) is 3.34. The Kier molecular flexibility index (Phi) is 6.18. The minimum absolute atomic E-state index is 0.180. The van der Waals surface area contributed by atoms with E-state index in [9.17, 15) is 13.2 Å². The number of carbonyl (C=O) groups excluding carboxylic acids is 1. The highest BCUT2D eigenvalue weighted by atomic mass is 32.2. The molecule has 8 nitrogen and oxygen atoms in total. The molecule has 1 aromatic carbocycles. The molecule has 2 aromatic rings. The number of carbonyl (C=O) groups is 1. The number of aryl methyl sites for hydroxylation is 1. The maximum atomic E-state index is 12.5. The van der Waals surface area contributed by atoms with Gasteiger partial charge in [0.2, 0.25) is 15.9 Å². The van der Waals surface area contributed by atoms with Crippen LogP contribution in [0.1, 0.15) is 26.7 Å². The number of sulfonamides is 1. The third-order valence-corrected chi connectivity index (χ3v) is 7.40. The molecular formula is C17H23N5O3S2. The summed E-state index contributed by atoms with van der Waals surface area (Å²) in [6, 6.07) is 6.31. The fourth-order valence-corrected chi connectivity index (χ4v) is 5.20. The van der Waals surface area contributed by atoms with Crippen molar-refractivity contribution in [2.75, 3.05) is 18.4 Å². The summed E-state index contributed by atoms with van der Waals surface area (Å²) in [5.41, 5.74) is 0.560. The van der Waals surface area contributed by atoms with Crippen molar-refractivity contribution in [3.05, 3.63) is 30.6 Å². The number of hydrogen-bond donors (Lipinski definition) is 1. The number of aromatic nitrogens is 3. The predicted molar refractivity (Wildman–Crippen MR) is 104 cm³/mol. The van der Waals surface area contributed by atoms with E-state index in [1.165, 1.54) is 28.2 Å². The highest BCUT2D eigenvalue weighted by Gasteiger charge is 2.27. The molecule has 0 radical (unpaired) electrons. The zero-order chi connectivity index (χ0) is 19.4. The van der Waals surface area contributed by atoms with Crippen molar-refractivity contribution in [2.24, 2.45) is 0 Å². The van der Waals surface area contributed by atoms with Crippen molar-refractivity contribution in [3.63, 3.8) is 0 Å². The molecule has 0 aliphatic carbocycles. The molecule has 0 bridgehead atoms. The zero-order valence-electron chi connectivity index (χ0n) is 15.3. The summed E-state index contributed by atoms with van der Waals surface area (Å²) in [6.45, 7) is 5.64. The molecule has 2 heterocycles. The number of benzene rings is 1. The predicted octanol–water partition coefficient (Wildman–Crippen LogP) is 2.20. The number of nitrogens with zero attached hydrogens (tertiary/aromatic N) is 4. The number of rotatable bonds is 7. The van der Waals surface area contributed by atoms with E-state index in [2.05, 4.69) is 15.5 Å². The Hall–Kier alpha value is -1.91. The monoisotopic (exact) mass is 409 g/mol. The summed E-state index contributed by atoms with van der Waals surface area (Å²) in [6.07, 6.45) is 3.43. The maximum absolute atomic E-state index is 12.5. The number of hydrogen-bond acceptors (Lipinski definition) is 6. The van der Waals surface area contributed by atoms with Gasteiger partial charge < -0.3 is 9.88 Å². The molecule has 1 aliphatic rings. The van der Waals surface area contributed by atoms with Gasteiger partial charge in [0.15, 0.2) is 5.16 Å². The molecule has 1 atom stereocenters. The maximum Gasteiger partial charge on any atom is 0.243 e. The van der Waals surface area contributed by atoms with E-state index in [0.717, 1.165) is 19.4 Å². The molecular weight excluding hydrogens is 386 g/mol. The van der Waals surface area contributed by atoms with Crippen molar-refractivity contribution in [3.8, 4) is 0 Å². The molecule has 0 saturated carbocycles. The number of anilines is 1. The van der Waals surface area contributed by atoms with Gasteiger partial charge in [-0.25, -0.2) is 8.42 Å². The molecule has 1 aromatic heterocycles. The highest BCUT2D eigenvalue weighted by Crippen LogP contribution is 2.24. The quantitative estimate of drug-likeness (QED) is 0.704. The second-order valence-corrected chi connectivity index (χ2v) is 9.53. The summed E-state index contributed by atoms with van der Waals surface area (Å²) in [5, 5.41) is 11.0. The summed E-state index contributed by atoms with van der Waals surface area (Å²) in [7, 11) is -3.44. The van der Waals surface area contributed by atoms with Gasteiger partial charge in [-0.1, -0.05) is 11.8 Å². The fraction of sp³-hybridized carbons (Fsp3) is 0.471. The van der Waals surface area contributed by atoms with E-state index in [1.807, 2.05) is 11.5 Å². The molecule has 146 valence electrons. The lowest BCUT2D eigenvalue weighted by atomic mass is 10.3. The van der Waals surface area contributed by atoms with E-state index in [-0.39, 0.29) is 16.1 Å². The average molecular weight is 410 g/mol. The molecule has 0 unspecified atom stereocenters. The zero-order valence-corrected chi connectivity index (χ0v) is 17.0. The van der Waals surface area contributed by atoms with Crippen LogP contribution in [0.25, 0.3) is 0 Å². The Bertz CT molecular complexity index is 890. The summed E-state index contributed by atoms with van der Waals surface area (Å²) >= 11 is 1.33. The van der Waals surface area contributed by atoms with E-state index < -0.39 is 10.0 Å². The molecule has 1 saturated heterocycles. The molecule has 27 heavy (non-hydrogen) atoms. The smallest absolute Gasteiger partial charge is 0.243 e. The summed E-state index contributed by atoms with van der Waals surface area (Å²) < 4.78 is 28.4. The van der Waals surface area contributed by atoms with Crippen LogP contribution in [0, 0.1) is 0 Å². The normalized spacial score (nSPS) is 16.4. The SMILES string of the molecule is CCn1cnnc1S[C@@H](C)C(=O)Nc1ccc(S(=O)(=O)N2CCCC2)cc1. The van der Waals surface area contributed by atoms with Gasteiger partial charge in [0.25, 0.3) is 0 Å². The number of nitrogens with one attached hydrogen (secondary N) is 1. The van der Waals surface area contributed by atoms with Gasteiger partial charge in [0.1, 0.15) is 6.33 Å². The van der Waals surface area contributed by atoms with Gasteiger partial charge in [-0.2, -0.15) is 4.31 Å². The largest absolute Gasteiger partial charge is 0.325 e. The third kappa shape index (κ3) is 4.50. The number of amides is 1. The van der Waals surface area contributed by atoms with Crippen LogP contribution in [0.15, 0.2) is 40.6 Å². The molecule has 1 amide bonds. The fourth-order valence-electron chi connectivity index (χ4n) is 2.80. The van der Waals surface area contributed by atoms with Crippen LogP contribution in [-0.2, 0) is 21.4 Å². The lowest BCUT2D eigenvalue weighted by Gasteiger charge is -2.16. The van der Waals surface area contributed by atoms with Crippen LogP contribution in [0.3, 0.4) is 0 Å².